The summed E-state index contributed by atoms with van der Waals surface area (Å²) < 4.78 is 5.32. The molecular weight excluding hydrogens is 252 g/mol. The van der Waals surface area contributed by atoms with Gasteiger partial charge in [0.2, 0.25) is 5.91 Å². The maximum Gasteiger partial charge on any atom is 0.226 e. The van der Waals surface area contributed by atoms with Crippen LogP contribution in [0.2, 0.25) is 0 Å². The quantitative estimate of drug-likeness (QED) is 0.818. The smallest absolute Gasteiger partial charge is 0.226 e. The molecule has 1 saturated carbocycles. The van der Waals surface area contributed by atoms with Crippen molar-refractivity contribution >= 4 is 18.3 Å². The van der Waals surface area contributed by atoms with Crippen LogP contribution in [-0.4, -0.2) is 50.2 Å². The number of nitrogens with one attached hydrogen (secondary N) is 1. The van der Waals surface area contributed by atoms with E-state index in [1.54, 1.807) is 7.11 Å². The Bertz CT molecular complexity index is 318. The number of ether oxygens (including phenoxy) is 1. The van der Waals surface area contributed by atoms with Crippen LogP contribution in [0.4, 0.5) is 0 Å². The van der Waals surface area contributed by atoms with Crippen molar-refractivity contribution in [2.24, 2.45) is 11.3 Å². The molecule has 2 atom stereocenters. The summed E-state index contributed by atoms with van der Waals surface area (Å²) in [5, 5.41) is 3.38. The average molecular weight is 275 g/mol. The highest BCUT2D eigenvalue weighted by atomic mass is 35.5. The number of hydrogen-bond acceptors (Lipinski definition) is 3. The van der Waals surface area contributed by atoms with E-state index >= 15 is 0 Å². The largest absolute Gasteiger partial charge is 0.380 e. The molecule has 0 bridgehead atoms. The maximum atomic E-state index is 12.4. The molecule has 1 N–H and O–H groups in total. The van der Waals surface area contributed by atoms with Crippen molar-refractivity contribution in [1.29, 1.82) is 0 Å². The Kier molecular flexibility index (Phi) is 4.19. The molecule has 4 nitrogen and oxygen atoms in total. The zero-order valence-corrected chi connectivity index (χ0v) is 11.8. The molecule has 3 fully saturated rings. The second kappa shape index (κ2) is 5.35. The van der Waals surface area contributed by atoms with Crippen molar-refractivity contribution in [3.8, 4) is 0 Å². The van der Waals surface area contributed by atoms with Crippen LogP contribution in [-0.2, 0) is 9.53 Å². The molecule has 1 amide bonds. The molecule has 0 aromatic carbocycles. The molecule has 2 saturated heterocycles. The molecule has 3 aliphatic rings. The van der Waals surface area contributed by atoms with Gasteiger partial charge in [0.25, 0.3) is 0 Å². The number of nitrogens with zero attached hydrogens (tertiary/aromatic N) is 1. The summed E-state index contributed by atoms with van der Waals surface area (Å²) in [5.74, 6) is 0.714. The van der Waals surface area contributed by atoms with Gasteiger partial charge >= 0.3 is 0 Å². The lowest BCUT2D eigenvalue weighted by Gasteiger charge is -2.25. The summed E-state index contributed by atoms with van der Waals surface area (Å²) in [6.07, 6.45) is 4.77. The molecule has 2 heterocycles. The molecule has 104 valence electrons. The van der Waals surface area contributed by atoms with Crippen LogP contribution in [0.15, 0.2) is 0 Å². The fourth-order valence-corrected chi connectivity index (χ4v) is 3.52. The van der Waals surface area contributed by atoms with Crippen molar-refractivity contribution in [2.45, 2.75) is 31.8 Å². The highest BCUT2D eigenvalue weighted by Gasteiger charge is 2.58. The third-order valence-corrected chi connectivity index (χ3v) is 4.88. The first-order valence-corrected chi connectivity index (χ1v) is 6.77. The van der Waals surface area contributed by atoms with Crippen LogP contribution in [0, 0.1) is 11.3 Å². The number of hydrogen-bond donors (Lipinski definition) is 1. The second-order valence-corrected chi connectivity index (χ2v) is 5.80. The summed E-state index contributed by atoms with van der Waals surface area (Å²) >= 11 is 0. The average Bonchev–Trinajstić information content (AvgIpc) is 2.86. The van der Waals surface area contributed by atoms with E-state index in [-0.39, 0.29) is 18.5 Å². The predicted octanol–water partition coefficient (Wildman–Crippen LogP) is 1.05. The van der Waals surface area contributed by atoms with Gasteiger partial charge in [-0.2, -0.15) is 0 Å². The summed E-state index contributed by atoms with van der Waals surface area (Å²) in [6.45, 7) is 3.87. The fraction of sp³-hybridized carbons (Fsp3) is 0.923. The first-order chi connectivity index (χ1) is 8.25. The molecule has 1 spiro atoms. The minimum absolute atomic E-state index is 0. The van der Waals surface area contributed by atoms with E-state index in [0.29, 0.717) is 17.2 Å². The lowest BCUT2D eigenvalue weighted by molar-refractivity contribution is -0.133. The summed E-state index contributed by atoms with van der Waals surface area (Å²) in [4.78, 5) is 14.4. The molecule has 0 aromatic rings. The number of likely N-dealkylation sites (tertiary alicyclic amines) is 1. The number of rotatable bonds is 2. The van der Waals surface area contributed by atoms with Gasteiger partial charge in [-0.25, -0.2) is 0 Å². The Labute approximate surface area is 115 Å². The standard InChI is InChI=1S/C13H22N2O2.ClH/c1-17-10-2-7-15(9-10)12(16)11-8-13(11)3-5-14-6-4-13;/h10-11,14H,2-9H2,1H3;1H/t10-,11?;/m0./s1. The molecule has 1 unspecified atom stereocenters. The molecule has 0 aromatic heterocycles. The molecule has 2 aliphatic heterocycles. The third-order valence-electron chi connectivity index (χ3n) is 4.88. The van der Waals surface area contributed by atoms with E-state index in [9.17, 15) is 4.79 Å². The summed E-state index contributed by atoms with van der Waals surface area (Å²) in [7, 11) is 1.74. The van der Waals surface area contributed by atoms with Crippen molar-refractivity contribution in [3.63, 3.8) is 0 Å². The second-order valence-electron chi connectivity index (χ2n) is 5.80. The van der Waals surface area contributed by atoms with E-state index < -0.39 is 0 Å². The predicted molar refractivity (Wildman–Crippen MR) is 71.9 cm³/mol. The van der Waals surface area contributed by atoms with E-state index in [0.717, 1.165) is 39.0 Å². The van der Waals surface area contributed by atoms with Crippen molar-refractivity contribution < 1.29 is 9.53 Å². The van der Waals surface area contributed by atoms with Crippen molar-refractivity contribution in [1.82, 2.24) is 10.2 Å². The van der Waals surface area contributed by atoms with Gasteiger partial charge in [0.1, 0.15) is 0 Å². The van der Waals surface area contributed by atoms with Gasteiger partial charge in [-0.1, -0.05) is 0 Å². The van der Waals surface area contributed by atoms with Gasteiger partial charge in [-0.15, -0.1) is 12.4 Å². The van der Waals surface area contributed by atoms with Gasteiger partial charge in [0, 0.05) is 26.1 Å². The van der Waals surface area contributed by atoms with Crippen LogP contribution in [0.25, 0.3) is 0 Å². The summed E-state index contributed by atoms with van der Waals surface area (Å²) in [5.41, 5.74) is 0.369. The lowest BCUT2D eigenvalue weighted by atomic mass is 9.91. The number of methoxy groups -OCH3 is 1. The molecular formula is C13H23ClN2O2. The van der Waals surface area contributed by atoms with Crippen molar-refractivity contribution in [3.05, 3.63) is 0 Å². The minimum atomic E-state index is 0. The van der Waals surface area contributed by atoms with Crippen LogP contribution < -0.4 is 5.32 Å². The SMILES string of the molecule is CO[C@H]1CCN(C(=O)C2CC23CCNCC3)C1.Cl. The summed E-state index contributed by atoms with van der Waals surface area (Å²) in [6, 6.07) is 0. The van der Waals surface area contributed by atoms with E-state index in [2.05, 4.69) is 5.32 Å². The van der Waals surface area contributed by atoms with Gasteiger partial charge in [-0.3, -0.25) is 4.79 Å². The highest BCUT2D eigenvalue weighted by Crippen LogP contribution is 2.59. The molecule has 1 aliphatic carbocycles. The Morgan fingerprint density at radius 2 is 2.11 bits per heavy atom. The number of amides is 1. The molecule has 3 rings (SSSR count). The zero-order chi connectivity index (χ0) is 11.9. The Morgan fingerprint density at radius 1 is 1.39 bits per heavy atom. The topological polar surface area (TPSA) is 41.6 Å². The first kappa shape index (κ1) is 14.1. The first-order valence-electron chi connectivity index (χ1n) is 6.77. The Morgan fingerprint density at radius 3 is 2.72 bits per heavy atom. The monoisotopic (exact) mass is 274 g/mol. The van der Waals surface area contributed by atoms with Crippen LogP contribution in [0.1, 0.15) is 25.7 Å². The minimum Gasteiger partial charge on any atom is -0.380 e. The van der Waals surface area contributed by atoms with Gasteiger partial charge in [0.05, 0.1) is 6.10 Å². The molecule has 0 radical (unpaired) electrons. The van der Waals surface area contributed by atoms with E-state index in [1.807, 2.05) is 4.90 Å². The Balaban J connectivity index is 0.00000120. The number of carbonyl (C=O) groups excluding carboxylic acids is 1. The van der Waals surface area contributed by atoms with E-state index in [4.69, 9.17) is 4.74 Å². The van der Waals surface area contributed by atoms with Gasteiger partial charge in [-0.05, 0) is 44.2 Å². The Hall–Kier alpha value is -0.320. The lowest BCUT2D eigenvalue weighted by Crippen LogP contribution is -2.36. The third kappa shape index (κ3) is 2.38. The van der Waals surface area contributed by atoms with Crippen LogP contribution in [0.3, 0.4) is 0 Å². The van der Waals surface area contributed by atoms with Gasteiger partial charge in [0.15, 0.2) is 0 Å². The van der Waals surface area contributed by atoms with Crippen LogP contribution >= 0.6 is 12.4 Å². The van der Waals surface area contributed by atoms with Crippen molar-refractivity contribution in [2.75, 3.05) is 33.3 Å². The molecule has 18 heavy (non-hydrogen) atoms. The fourth-order valence-electron chi connectivity index (χ4n) is 3.52. The number of piperidine rings is 1. The number of carbonyl (C=O) groups is 1. The van der Waals surface area contributed by atoms with E-state index in [1.165, 1.54) is 12.8 Å². The normalized spacial score (nSPS) is 33.3. The van der Waals surface area contributed by atoms with Crippen LogP contribution in [0.5, 0.6) is 0 Å². The highest BCUT2D eigenvalue weighted by molar-refractivity contribution is 5.85. The zero-order valence-electron chi connectivity index (χ0n) is 11.0. The van der Waals surface area contributed by atoms with Gasteiger partial charge < -0.3 is 15.0 Å². The number of halogens is 1. The molecule has 5 heteroatoms. The maximum absolute atomic E-state index is 12.4.